The molecule has 1 saturated heterocycles. The first-order chi connectivity index (χ1) is 15.0. The number of nitrogens with zero attached hydrogens (tertiary/aromatic N) is 1. The van der Waals surface area contributed by atoms with Crippen molar-refractivity contribution in [2.45, 2.75) is 19.5 Å². The number of ether oxygens (including phenoxy) is 2. The Kier molecular flexibility index (Phi) is 7.88. The van der Waals surface area contributed by atoms with Crippen molar-refractivity contribution in [2.75, 3.05) is 46.9 Å². The van der Waals surface area contributed by atoms with Gasteiger partial charge in [0, 0.05) is 11.1 Å². The van der Waals surface area contributed by atoms with Crippen LogP contribution in [0, 0.1) is 11.3 Å². The minimum atomic E-state index is -0.166. The van der Waals surface area contributed by atoms with Crippen molar-refractivity contribution in [3.63, 3.8) is 0 Å². The summed E-state index contributed by atoms with van der Waals surface area (Å²) < 4.78 is 10.7. The Bertz CT molecular complexity index is 915. The van der Waals surface area contributed by atoms with Crippen molar-refractivity contribution < 1.29 is 24.1 Å². The topological polar surface area (TPSA) is 80.2 Å². The van der Waals surface area contributed by atoms with Gasteiger partial charge in [-0.3, -0.25) is 4.79 Å². The number of methoxy groups -OCH3 is 2. The molecule has 1 fully saturated rings. The van der Waals surface area contributed by atoms with E-state index in [-0.39, 0.29) is 11.9 Å². The number of carbonyl (C=O) groups is 1. The van der Waals surface area contributed by atoms with Gasteiger partial charge < -0.3 is 24.6 Å². The van der Waals surface area contributed by atoms with Crippen LogP contribution in [0.25, 0.3) is 0 Å². The number of hydrogen-bond acceptors (Lipinski definition) is 4. The lowest BCUT2D eigenvalue weighted by Gasteiger charge is -2.29. The lowest BCUT2D eigenvalue weighted by Crippen LogP contribution is -3.28. The van der Waals surface area contributed by atoms with Crippen LogP contribution in [0.1, 0.15) is 29.7 Å². The van der Waals surface area contributed by atoms with Gasteiger partial charge in [-0.15, -0.1) is 0 Å². The Morgan fingerprint density at radius 2 is 1.74 bits per heavy atom. The first-order valence-corrected chi connectivity index (χ1v) is 10.7. The maximum atomic E-state index is 12.6. The first kappa shape index (κ1) is 22.6. The van der Waals surface area contributed by atoms with Gasteiger partial charge in [-0.05, 0) is 37.3 Å². The lowest BCUT2D eigenvalue weighted by atomic mass is 10.1. The highest BCUT2D eigenvalue weighted by Gasteiger charge is 2.26. The molecule has 0 aromatic heterocycles. The molecule has 0 saturated carbocycles. The minimum absolute atomic E-state index is 0.0444. The summed E-state index contributed by atoms with van der Waals surface area (Å²) in [6.45, 7) is 7.39. The maximum Gasteiger partial charge on any atom is 0.275 e. The Morgan fingerprint density at radius 3 is 2.35 bits per heavy atom. The third-order valence-electron chi connectivity index (χ3n) is 5.89. The van der Waals surface area contributed by atoms with Crippen LogP contribution in [0.3, 0.4) is 0 Å². The second-order valence-corrected chi connectivity index (χ2v) is 8.06. The van der Waals surface area contributed by atoms with Gasteiger partial charge in [0.25, 0.3) is 5.91 Å². The van der Waals surface area contributed by atoms with E-state index < -0.39 is 0 Å². The Labute approximate surface area is 184 Å². The average Bonchev–Trinajstić information content (AvgIpc) is 2.80. The minimum Gasteiger partial charge on any atom is -0.497 e. The molecule has 7 heteroatoms. The third kappa shape index (κ3) is 6.20. The Hall–Kier alpha value is -3.08. The molecule has 1 amide bonds. The van der Waals surface area contributed by atoms with Crippen LogP contribution >= 0.6 is 0 Å². The van der Waals surface area contributed by atoms with Crippen LogP contribution in [0.4, 0.5) is 0 Å². The third-order valence-corrected chi connectivity index (χ3v) is 5.89. The SMILES string of the molecule is COc1ccc(OC)c([C@H](C)NC(=O)C[NH+]2CC[NH+](Cc3ccc(C#N)cc3)CC2)c1. The van der Waals surface area contributed by atoms with Gasteiger partial charge in [0.05, 0.1) is 31.9 Å². The quantitative estimate of drug-likeness (QED) is 0.545. The van der Waals surface area contributed by atoms with E-state index in [1.54, 1.807) is 14.2 Å². The van der Waals surface area contributed by atoms with Crippen LogP contribution in [0.5, 0.6) is 11.5 Å². The Morgan fingerprint density at radius 1 is 1.06 bits per heavy atom. The molecule has 1 aliphatic rings. The zero-order chi connectivity index (χ0) is 22.2. The smallest absolute Gasteiger partial charge is 0.275 e. The molecule has 0 spiro atoms. The van der Waals surface area contributed by atoms with Crippen LogP contribution in [0.2, 0.25) is 0 Å². The lowest BCUT2D eigenvalue weighted by molar-refractivity contribution is -1.02. The Balaban J connectivity index is 1.47. The van der Waals surface area contributed by atoms with Crippen LogP contribution in [0.15, 0.2) is 42.5 Å². The fourth-order valence-electron chi connectivity index (χ4n) is 4.07. The normalized spacial score (nSPS) is 19.2. The predicted octanol–water partition coefficient (Wildman–Crippen LogP) is -0.264. The van der Waals surface area contributed by atoms with E-state index >= 15 is 0 Å². The highest BCUT2D eigenvalue weighted by atomic mass is 16.5. The number of amides is 1. The summed E-state index contributed by atoms with van der Waals surface area (Å²) in [5.74, 6) is 1.52. The molecule has 1 heterocycles. The molecular formula is C24H32N4O3+2. The van der Waals surface area contributed by atoms with Crippen molar-refractivity contribution in [3.05, 3.63) is 59.2 Å². The molecular weight excluding hydrogens is 392 g/mol. The van der Waals surface area contributed by atoms with E-state index in [0.29, 0.717) is 12.1 Å². The van der Waals surface area contributed by atoms with Crippen molar-refractivity contribution in [1.82, 2.24) is 5.32 Å². The number of piperazine rings is 1. The summed E-state index contributed by atoms with van der Waals surface area (Å²) in [7, 11) is 3.25. The zero-order valence-corrected chi connectivity index (χ0v) is 18.5. The molecule has 0 bridgehead atoms. The number of benzene rings is 2. The molecule has 2 aromatic carbocycles. The van der Waals surface area contributed by atoms with Crippen LogP contribution in [-0.2, 0) is 11.3 Å². The summed E-state index contributed by atoms with van der Waals surface area (Å²) in [6.07, 6.45) is 0. The van der Waals surface area contributed by atoms with E-state index in [0.717, 1.165) is 49.8 Å². The summed E-state index contributed by atoms with van der Waals surface area (Å²) in [5.41, 5.74) is 2.85. The summed E-state index contributed by atoms with van der Waals surface area (Å²) in [5, 5.41) is 12.0. The summed E-state index contributed by atoms with van der Waals surface area (Å²) >= 11 is 0. The predicted molar refractivity (Wildman–Crippen MR) is 117 cm³/mol. The monoisotopic (exact) mass is 424 g/mol. The number of nitriles is 1. The maximum absolute atomic E-state index is 12.6. The molecule has 3 rings (SSSR count). The molecule has 164 valence electrons. The van der Waals surface area contributed by atoms with Gasteiger partial charge in [-0.2, -0.15) is 5.26 Å². The molecule has 3 N–H and O–H groups in total. The number of quaternary nitrogens is 2. The van der Waals surface area contributed by atoms with E-state index in [1.807, 2.05) is 49.4 Å². The largest absolute Gasteiger partial charge is 0.497 e. The van der Waals surface area contributed by atoms with Gasteiger partial charge in [0.15, 0.2) is 6.54 Å². The van der Waals surface area contributed by atoms with Crippen molar-refractivity contribution >= 4 is 5.91 Å². The first-order valence-electron chi connectivity index (χ1n) is 10.7. The summed E-state index contributed by atoms with van der Waals surface area (Å²) in [6, 6.07) is 15.4. The van der Waals surface area contributed by atoms with Crippen LogP contribution < -0.4 is 24.6 Å². The van der Waals surface area contributed by atoms with Crippen molar-refractivity contribution in [3.8, 4) is 17.6 Å². The van der Waals surface area contributed by atoms with Gasteiger partial charge in [-0.1, -0.05) is 12.1 Å². The van der Waals surface area contributed by atoms with E-state index in [4.69, 9.17) is 14.7 Å². The summed E-state index contributed by atoms with van der Waals surface area (Å²) in [4.78, 5) is 15.5. The fourth-order valence-corrected chi connectivity index (χ4v) is 4.07. The molecule has 1 aliphatic heterocycles. The van der Waals surface area contributed by atoms with Gasteiger partial charge in [0.2, 0.25) is 0 Å². The number of nitrogens with one attached hydrogen (secondary N) is 3. The van der Waals surface area contributed by atoms with Gasteiger partial charge in [-0.25, -0.2) is 0 Å². The number of carbonyl (C=O) groups excluding carboxylic acids is 1. The second-order valence-electron chi connectivity index (χ2n) is 8.06. The molecule has 7 nitrogen and oxygen atoms in total. The van der Waals surface area contributed by atoms with Gasteiger partial charge in [0.1, 0.15) is 44.2 Å². The van der Waals surface area contributed by atoms with Crippen molar-refractivity contribution in [2.24, 2.45) is 0 Å². The molecule has 0 unspecified atom stereocenters. The van der Waals surface area contributed by atoms with Crippen LogP contribution in [-0.4, -0.2) is 52.9 Å². The van der Waals surface area contributed by atoms with E-state index in [9.17, 15) is 4.79 Å². The molecule has 1 atom stereocenters. The standard InChI is InChI=1S/C24H30N4O3/c1-18(22-14-21(30-2)8-9-23(22)31-3)26-24(29)17-28-12-10-27(11-13-28)16-20-6-4-19(15-25)5-7-20/h4-9,14,18H,10-13,16-17H2,1-3H3,(H,26,29)/p+2/t18-/m0/s1. The fraction of sp³-hybridized carbons (Fsp3) is 0.417. The zero-order valence-electron chi connectivity index (χ0n) is 18.5. The van der Waals surface area contributed by atoms with Gasteiger partial charge >= 0.3 is 0 Å². The highest BCUT2D eigenvalue weighted by Crippen LogP contribution is 2.29. The number of hydrogen-bond donors (Lipinski definition) is 3. The highest BCUT2D eigenvalue weighted by molar-refractivity contribution is 5.77. The molecule has 0 aliphatic carbocycles. The molecule has 2 aromatic rings. The average molecular weight is 425 g/mol. The van der Waals surface area contributed by atoms with Crippen molar-refractivity contribution in [1.29, 1.82) is 5.26 Å². The number of rotatable bonds is 8. The molecule has 31 heavy (non-hydrogen) atoms. The second kappa shape index (κ2) is 10.8. The van der Waals surface area contributed by atoms with E-state index in [1.165, 1.54) is 15.4 Å². The molecule has 0 radical (unpaired) electrons. The van der Waals surface area contributed by atoms with E-state index in [2.05, 4.69) is 11.4 Å².